The van der Waals surface area contributed by atoms with Crippen LogP contribution in [0.3, 0.4) is 0 Å². The topological polar surface area (TPSA) is 88.3 Å². The lowest BCUT2D eigenvalue weighted by molar-refractivity contribution is 0.384. The highest BCUT2D eigenvalue weighted by molar-refractivity contribution is 7.98. The highest BCUT2D eigenvalue weighted by Crippen LogP contribution is 2.23. The van der Waals surface area contributed by atoms with Gasteiger partial charge in [0.05, 0.1) is 5.69 Å². The summed E-state index contributed by atoms with van der Waals surface area (Å²) in [5, 5.41) is -0.0421. The lowest BCUT2D eigenvalue weighted by Gasteiger charge is -2.26. The van der Waals surface area contributed by atoms with Crippen LogP contribution in [0.5, 0.6) is 0 Å². The zero-order valence-electron chi connectivity index (χ0n) is 11.3. The Balaban J connectivity index is 3.15. The Labute approximate surface area is 118 Å². The third kappa shape index (κ3) is 3.59. The van der Waals surface area contributed by atoms with Gasteiger partial charge in [0, 0.05) is 25.0 Å². The van der Waals surface area contributed by atoms with Crippen molar-refractivity contribution in [2.75, 3.05) is 24.5 Å². The summed E-state index contributed by atoms with van der Waals surface area (Å²) in [4.78, 5) is 3.94. The van der Waals surface area contributed by atoms with Crippen LogP contribution in [0.4, 0.5) is 5.69 Å². The molecule has 0 saturated heterocycles. The second-order valence-corrected chi connectivity index (χ2v) is 6.86. The van der Waals surface area contributed by atoms with Crippen molar-refractivity contribution < 1.29 is 8.42 Å². The van der Waals surface area contributed by atoms with E-state index in [9.17, 15) is 8.42 Å². The highest BCUT2D eigenvalue weighted by Gasteiger charge is 2.29. The predicted molar refractivity (Wildman–Crippen MR) is 79.5 cm³/mol. The summed E-state index contributed by atoms with van der Waals surface area (Å²) in [5.74, 6) is 6.08. The van der Waals surface area contributed by atoms with Crippen LogP contribution in [-0.4, -0.2) is 42.8 Å². The number of anilines is 1. The molecule has 1 atom stereocenters. The minimum Gasteiger partial charge on any atom is -0.321 e. The van der Waals surface area contributed by atoms with E-state index >= 15 is 0 Å². The monoisotopic (exact) mass is 304 g/mol. The predicted octanol–water partition coefficient (Wildman–Crippen LogP) is 1.13. The van der Waals surface area contributed by atoms with Crippen molar-refractivity contribution in [2.45, 2.75) is 24.4 Å². The molecule has 1 aromatic heterocycles. The maximum atomic E-state index is 12.5. The first-order valence-corrected chi connectivity index (χ1v) is 8.71. The van der Waals surface area contributed by atoms with Crippen molar-refractivity contribution in [2.24, 2.45) is 5.84 Å². The number of hydrogen-bond acceptors (Lipinski definition) is 6. The molecule has 0 fully saturated rings. The van der Waals surface area contributed by atoms with Crippen LogP contribution in [0.1, 0.15) is 13.3 Å². The SMILES string of the molecule is CCC(CSC)N(C)S(=O)(=O)c1ncccc1NN. The fraction of sp³-hybridized carbons (Fsp3) is 0.545. The van der Waals surface area contributed by atoms with Gasteiger partial charge in [-0.15, -0.1) is 0 Å². The smallest absolute Gasteiger partial charge is 0.262 e. The van der Waals surface area contributed by atoms with Gasteiger partial charge >= 0.3 is 0 Å². The van der Waals surface area contributed by atoms with Crippen LogP contribution < -0.4 is 11.3 Å². The first-order valence-electron chi connectivity index (χ1n) is 5.87. The van der Waals surface area contributed by atoms with Crippen LogP contribution in [0.2, 0.25) is 0 Å². The average Bonchev–Trinajstić information content (AvgIpc) is 2.43. The van der Waals surface area contributed by atoms with Crippen LogP contribution in [-0.2, 0) is 10.0 Å². The van der Waals surface area contributed by atoms with E-state index in [4.69, 9.17) is 5.84 Å². The van der Waals surface area contributed by atoms with Gasteiger partial charge in [-0.2, -0.15) is 16.1 Å². The van der Waals surface area contributed by atoms with E-state index in [-0.39, 0.29) is 11.1 Å². The Kier molecular flexibility index (Phi) is 6.05. The van der Waals surface area contributed by atoms with E-state index in [0.717, 1.165) is 12.2 Å². The normalized spacial score (nSPS) is 13.5. The molecule has 0 aliphatic rings. The zero-order valence-corrected chi connectivity index (χ0v) is 13.0. The average molecular weight is 304 g/mol. The first-order chi connectivity index (χ1) is 8.98. The molecule has 108 valence electrons. The van der Waals surface area contributed by atoms with Gasteiger partial charge in [-0.05, 0) is 24.8 Å². The maximum Gasteiger partial charge on any atom is 0.262 e. The molecule has 0 aliphatic heterocycles. The number of nitrogens with zero attached hydrogens (tertiary/aromatic N) is 2. The molecule has 0 aliphatic carbocycles. The van der Waals surface area contributed by atoms with Crippen LogP contribution in [0, 0.1) is 0 Å². The molecular weight excluding hydrogens is 284 g/mol. The fourth-order valence-electron chi connectivity index (χ4n) is 1.71. The summed E-state index contributed by atoms with van der Waals surface area (Å²) in [6.07, 6.45) is 4.14. The van der Waals surface area contributed by atoms with Crippen LogP contribution >= 0.6 is 11.8 Å². The van der Waals surface area contributed by atoms with Gasteiger partial charge in [0.1, 0.15) is 0 Å². The fourth-order valence-corrected chi connectivity index (χ4v) is 4.14. The molecular formula is C11H20N4O2S2. The standard InChI is InChI=1S/C11H20N4O2S2/c1-4-9(8-18-3)15(2)19(16,17)11-10(14-12)6-5-7-13-11/h5-7,9,14H,4,8,12H2,1-3H3. The molecule has 0 radical (unpaired) electrons. The number of hydrogen-bond donors (Lipinski definition) is 2. The van der Waals surface area contributed by atoms with Crippen LogP contribution in [0.25, 0.3) is 0 Å². The molecule has 8 heteroatoms. The summed E-state index contributed by atoms with van der Waals surface area (Å²) in [5.41, 5.74) is 2.67. The summed E-state index contributed by atoms with van der Waals surface area (Å²) in [6, 6.07) is 3.16. The Bertz CT molecular complexity index is 507. The molecule has 0 saturated carbocycles. The Hall–Kier alpha value is -0.830. The largest absolute Gasteiger partial charge is 0.321 e. The lowest BCUT2D eigenvalue weighted by Crippen LogP contribution is -2.39. The molecule has 0 aromatic carbocycles. The number of nitrogens with two attached hydrogens (primary N) is 1. The molecule has 0 spiro atoms. The van der Waals surface area contributed by atoms with Gasteiger partial charge in [0.25, 0.3) is 10.0 Å². The number of hydrazine groups is 1. The second kappa shape index (κ2) is 7.09. The number of sulfonamides is 1. The minimum atomic E-state index is -3.65. The second-order valence-electron chi connectivity index (χ2n) is 4.04. The van der Waals surface area contributed by atoms with E-state index in [1.807, 2.05) is 13.2 Å². The third-order valence-corrected chi connectivity index (χ3v) is 5.48. The summed E-state index contributed by atoms with van der Waals surface area (Å²) >= 11 is 1.62. The molecule has 1 unspecified atom stereocenters. The van der Waals surface area contributed by atoms with Gasteiger partial charge in [0.2, 0.25) is 0 Å². The zero-order chi connectivity index (χ0) is 14.5. The molecule has 1 aromatic rings. The Morgan fingerprint density at radius 3 is 2.79 bits per heavy atom. The number of aromatic nitrogens is 1. The molecule has 1 heterocycles. The van der Waals surface area contributed by atoms with E-state index in [1.54, 1.807) is 30.9 Å². The molecule has 6 nitrogen and oxygen atoms in total. The van der Waals surface area contributed by atoms with Crippen molar-refractivity contribution in [1.29, 1.82) is 0 Å². The minimum absolute atomic E-state index is 0.0421. The molecule has 0 bridgehead atoms. The quantitative estimate of drug-likeness (QED) is 0.580. The van der Waals surface area contributed by atoms with Crippen molar-refractivity contribution in [3.63, 3.8) is 0 Å². The van der Waals surface area contributed by atoms with E-state index in [1.165, 1.54) is 10.5 Å². The summed E-state index contributed by atoms with van der Waals surface area (Å²) in [7, 11) is -2.07. The maximum absolute atomic E-state index is 12.5. The summed E-state index contributed by atoms with van der Waals surface area (Å²) < 4.78 is 26.5. The Morgan fingerprint density at radius 1 is 1.58 bits per heavy atom. The number of rotatable bonds is 7. The van der Waals surface area contributed by atoms with Gasteiger partial charge < -0.3 is 5.43 Å². The number of nitrogens with one attached hydrogen (secondary N) is 1. The molecule has 19 heavy (non-hydrogen) atoms. The van der Waals surface area contributed by atoms with Crippen molar-refractivity contribution >= 4 is 27.5 Å². The van der Waals surface area contributed by atoms with Crippen molar-refractivity contribution in [3.05, 3.63) is 18.3 Å². The lowest BCUT2D eigenvalue weighted by atomic mass is 10.3. The summed E-state index contributed by atoms with van der Waals surface area (Å²) in [6.45, 7) is 1.97. The molecule has 1 rings (SSSR count). The van der Waals surface area contributed by atoms with Crippen molar-refractivity contribution in [3.8, 4) is 0 Å². The first kappa shape index (κ1) is 16.2. The van der Waals surface area contributed by atoms with Crippen LogP contribution in [0.15, 0.2) is 23.4 Å². The number of nitrogen functional groups attached to an aromatic ring is 1. The third-order valence-electron chi connectivity index (χ3n) is 2.89. The van der Waals surface area contributed by atoms with Gasteiger partial charge in [-0.1, -0.05) is 6.92 Å². The molecule has 0 amide bonds. The van der Waals surface area contributed by atoms with Gasteiger partial charge in [0.15, 0.2) is 5.03 Å². The molecule has 3 N–H and O–H groups in total. The van der Waals surface area contributed by atoms with Gasteiger partial charge in [-0.25, -0.2) is 13.4 Å². The number of pyridine rings is 1. The van der Waals surface area contributed by atoms with Gasteiger partial charge in [-0.3, -0.25) is 5.84 Å². The number of thioether (sulfide) groups is 1. The van der Waals surface area contributed by atoms with E-state index < -0.39 is 10.0 Å². The van der Waals surface area contributed by atoms with E-state index in [2.05, 4.69) is 10.4 Å². The Morgan fingerprint density at radius 2 is 2.26 bits per heavy atom. The van der Waals surface area contributed by atoms with E-state index in [0.29, 0.717) is 5.69 Å². The highest BCUT2D eigenvalue weighted by atomic mass is 32.2. The van der Waals surface area contributed by atoms with Crippen molar-refractivity contribution in [1.82, 2.24) is 9.29 Å².